The molecule has 17 heavy (non-hydrogen) atoms. The molecule has 0 fully saturated rings. The van der Waals surface area contributed by atoms with Crippen LogP contribution in [0.4, 0.5) is 0 Å². The predicted molar refractivity (Wildman–Crippen MR) is 67.5 cm³/mol. The molecule has 1 rings (SSSR count). The fourth-order valence-corrected chi connectivity index (χ4v) is 1.59. The summed E-state index contributed by atoms with van der Waals surface area (Å²) in [7, 11) is 0. The Morgan fingerprint density at radius 2 is 2.06 bits per heavy atom. The van der Waals surface area contributed by atoms with Crippen LogP contribution in [0.5, 0.6) is 0 Å². The van der Waals surface area contributed by atoms with E-state index >= 15 is 0 Å². The van der Waals surface area contributed by atoms with E-state index in [4.69, 9.17) is 10.8 Å². The number of primary amides is 1. The van der Waals surface area contributed by atoms with Crippen molar-refractivity contribution in [2.75, 3.05) is 19.7 Å². The number of hydrogen-bond acceptors (Lipinski definition) is 3. The Labute approximate surface area is 101 Å². The number of aliphatic hydroxyl groups excluding tert-OH is 1. The molecule has 0 heterocycles. The second-order valence-electron chi connectivity index (χ2n) is 3.81. The molecule has 0 aromatic heterocycles. The first-order valence-corrected chi connectivity index (χ1v) is 5.50. The van der Waals surface area contributed by atoms with E-state index < -0.39 is 5.91 Å². The van der Waals surface area contributed by atoms with Gasteiger partial charge in [-0.1, -0.05) is 18.2 Å². The summed E-state index contributed by atoms with van der Waals surface area (Å²) in [4.78, 5) is 13.0. The zero-order valence-electron chi connectivity index (χ0n) is 9.80. The molecule has 0 radical (unpaired) electrons. The van der Waals surface area contributed by atoms with Crippen LogP contribution in [0.2, 0.25) is 0 Å². The van der Waals surface area contributed by atoms with Gasteiger partial charge in [0.1, 0.15) is 0 Å². The number of benzene rings is 1. The van der Waals surface area contributed by atoms with Gasteiger partial charge < -0.3 is 10.8 Å². The Hall–Kier alpha value is -1.65. The van der Waals surface area contributed by atoms with Crippen LogP contribution in [0.3, 0.4) is 0 Å². The number of aliphatic hydroxyl groups is 1. The van der Waals surface area contributed by atoms with Gasteiger partial charge >= 0.3 is 0 Å². The third kappa shape index (κ3) is 4.38. The van der Waals surface area contributed by atoms with E-state index in [1.165, 1.54) is 0 Å². The van der Waals surface area contributed by atoms with Crippen molar-refractivity contribution in [3.8, 4) is 0 Å². The van der Waals surface area contributed by atoms with Crippen molar-refractivity contribution in [1.82, 2.24) is 4.90 Å². The first-order chi connectivity index (χ1) is 8.17. The second-order valence-corrected chi connectivity index (χ2v) is 3.81. The van der Waals surface area contributed by atoms with Crippen LogP contribution >= 0.6 is 0 Å². The molecule has 1 amide bonds. The lowest BCUT2D eigenvalue weighted by Gasteiger charge is -2.19. The van der Waals surface area contributed by atoms with Crippen LogP contribution in [-0.2, 0) is 6.54 Å². The molecular weight excluding hydrogens is 216 g/mol. The van der Waals surface area contributed by atoms with Crippen LogP contribution < -0.4 is 5.73 Å². The maximum absolute atomic E-state index is 10.9. The monoisotopic (exact) mass is 234 g/mol. The molecule has 0 unspecified atom stereocenters. The Morgan fingerprint density at radius 1 is 1.41 bits per heavy atom. The lowest BCUT2D eigenvalue weighted by molar-refractivity contribution is 0.100. The molecule has 1 aromatic rings. The summed E-state index contributed by atoms with van der Waals surface area (Å²) in [6, 6.07) is 7.16. The molecular formula is C13H18N2O2. The highest BCUT2D eigenvalue weighted by molar-refractivity contribution is 5.92. The smallest absolute Gasteiger partial charge is 0.248 e. The standard InChI is InChI=1S/C13H18N2O2/c1-2-7-15(8-9-16)10-11-3-5-12(6-4-11)13(14)17/h2-6,16H,1,7-10H2,(H2,14,17). The van der Waals surface area contributed by atoms with Gasteiger partial charge in [0.05, 0.1) is 6.61 Å². The first kappa shape index (κ1) is 13.4. The summed E-state index contributed by atoms with van der Waals surface area (Å²) < 4.78 is 0. The van der Waals surface area contributed by atoms with Gasteiger partial charge in [0, 0.05) is 25.2 Å². The summed E-state index contributed by atoms with van der Waals surface area (Å²) >= 11 is 0. The third-order valence-corrected chi connectivity index (χ3v) is 2.45. The van der Waals surface area contributed by atoms with Crippen LogP contribution in [0.1, 0.15) is 15.9 Å². The van der Waals surface area contributed by atoms with E-state index in [-0.39, 0.29) is 6.61 Å². The number of nitrogens with zero attached hydrogens (tertiary/aromatic N) is 1. The molecule has 4 nitrogen and oxygen atoms in total. The molecule has 1 aromatic carbocycles. The van der Waals surface area contributed by atoms with Gasteiger partial charge in [-0.2, -0.15) is 0 Å². The fourth-order valence-electron chi connectivity index (χ4n) is 1.59. The molecule has 0 aliphatic heterocycles. The van der Waals surface area contributed by atoms with Crippen LogP contribution in [0.25, 0.3) is 0 Å². The summed E-state index contributed by atoms with van der Waals surface area (Å²) in [6.07, 6.45) is 1.80. The molecule has 0 saturated heterocycles. The Morgan fingerprint density at radius 3 is 2.53 bits per heavy atom. The van der Waals surface area contributed by atoms with Gasteiger partial charge in [-0.3, -0.25) is 9.69 Å². The van der Waals surface area contributed by atoms with Crippen LogP contribution in [0, 0.1) is 0 Å². The SMILES string of the molecule is C=CCN(CCO)Cc1ccc(C(N)=O)cc1. The third-order valence-electron chi connectivity index (χ3n) is 2.45. The molecule has 0 aliphatic carbocycles. The van der Waals surface area contributed by atoms with Crippen molar-refractivity contribution in [3.63, 3.8) is 0 Å². The maximum atomic E-state index is 10.9. The average Bonchev–Trinajstić information content (AvgIpc) is 2.30. The number of nitrogens with two attached hydrogens (primary N) is 1. The van der Waals surface area contributed by atoms with Crippen LogP contribution in [-0.4, -0.2) is 35.6 Å². The summed E-state index contributed by atoms with van der Waals surface area (Å²) in [5.41, 5.74) is 6.74. The topological polar surface area (TPSA) is 66.6 Å². The minimum Gasteiger partial charge on any atom is -0.395 e. The first-order valence-electron chi connectivity index (χ1n) is 5.50. The lowest BCUT2D eigenvalue weighted by Crippen LogP contribution is -2.26. The lowest BCUT2D eigenvalue weighted by atomic mass is 10.1. The summed E-state index contributed by atoms with van der Waals surface area (Å²) in [5, 5.41) is 8.92. The van der Waals surface area contributed by atoms with Crippen molar-refractivity contribution >= 4 is 5.91 Å². The summed E-state index contributed by atoms with van der Waals surface area (Å²) in [6.45, 7) is 5.83. The zero-order valence-corrected chi connectivity index (χ0v) is 9.80. The number of carbonyl (C=O) groups excluding carboxylic acids is 1. The van der Waals surface area contributed by atoms with Crippen LogP contribution in [0.15, 0.2) is 36.9 Å². The Kier molecular flexibility index (Phi) is 5.39. The number of carbonyl (C=O) groups is 1. The van der Waals surface area contributed by atoms with Gasteiger partial charge in [0.25, 0.3) is 0 Å². The van der Waals surface area contributed by atoms with E-state index in [1.807, 2.05) is 12.1 Å². The molecule has 4 heteroatoms. The molecule has 0 saturated carbocycles. The number of amides is 1. The van der Waals surface area contributed by atoms with Gasteiger partial charge in [-0.05, 0) is 17.7 Å². The number of rotatable bonds is 7. The van der Waals surface area contributed by atoms with Gasteiger partial charge in [-0.25, -0.2) is 0 Å². The molecule has 92 valence electrons. The van der Waals surface area contributed by atoms with Crippen molar-refractivity contribution in [2.24, 2.45) is 5.73 Å². The average molecular weight is 234 g/mol. The molecule has 0 spiro atoms. The van der Waals surface area contributed by atoms with Crippen molar-refractivity contribution in [2.45, 2.75) is 6.54 Å². The highest BCUT2D eigenvalue weighted by Gasteiger charge is 2.04. The minimum atomic E-state index is -0.421. The molecule has 3 N–H and O–H groups in total. The number of hydrogen-bond donors (Lipinski definition) is 2. The second kappa shape index (κ2) is 6.83. The van der Waals surface area contributed by atoms with Gasteiger partial charge in [-0.15, -0.1) is 6.58 Å². The quantitative estimate of drug-likeness (QED) is 0.685. The Bertz CT molecular complexity index is 374. The molecule has 0 bridgehead atoms. The molecule has 0 atom stereocenters. The van der Waals surface area contributed by atoms with Crippen molar-refractivity contribution in [3.05, 3.63) is 48.0 Å². The maximum Gasteiger partial charge on any atom is 0.248 e. The largest absolute Gasteiger partial charge is 0.395 e. The van der Waals surface area contributed by atoms with Gasteiger partial charge in [0.2, 0.25) is 5.91 Å². The fraction of sp³-hybridized carbons (Fsp3) is 0.308. The van der Waals surface area contributed by atoms with E-state index in [2.05, 4.69) is 11.5 Å². The van der Waals surface area contributed by atoms with E-state index in [0.717, 1.165) is 12.1 Å². The minimum absolute atomic E-state index is 0.118. The van der Waals surface area contributed by atoms with E-state index in [0.29, 0.717) is 18.7 Å². The highest BCUT2D eigenvalue weighted by atomic mass is 16.3. The normalized spacial score (nSPS) is 10.5. The predicted octanol–water partition coefficient (Wildman–Crippen LogP) is 0.766. The van der Waals surface area contributed by atoms with E-state index in [1.54, 1.807) is 18.2 Å². The van der Waals surface area contributed by atoms with Crippen molar-refractivity contribution < 1.29 is 9.90 Å². The summed E-state index contributed by atoms with van der Waals surface area (Å²) in [5.74, 6) is -0.421. The Balaban J connectivity index is 2.65. The molecule has 0 aliphatic rings. The zero-order chi connectivity index (χ0) is 12.7. The van der Waals surface area contributed by atoms with E-state index in [9.17, 15) is 4.79 Å². The highest BCUT2D eigenvalue weighted by Crippen LogP contribution is 2.07. The van der Waals surface area contributed by atoms with Gasteiger partial charge in [0.15, 0.2) is 0 Å². The van der Waals surface area contributed by atoms with Crippen molar-refractivity contribution in [1.29, 1.82) is 0 Å².